The number of amides is 3. The van der Waals surface area contributed by atoms with Gasteiger partial charge in [-0.25, -0.2) is 14.4 Å². The van der Waals surface area contributed by atoms with Crippen LogP contribution in [-0.2, 0) is 108 Å². The van der Waals surface area contributed by atoms with Crippen molar-refractivity contribution in [3.8, 4) is 16.9 Å². The molecule has 1 saturated heterocycles. The Hall–Kier alpha value is -7.83. The molecule has 2 unspecified atom stereocenters. The molecule has 1 aliphatic carbocycles. The second-order valence-electron chi connectivity index (χ2n) is 20.4. The van der Waals surface area contributed by atoms with Crippen LogP contribution < -0.4 is 15.4 Å². The number of rotatable bonds is 41. The molecule has 1 heterocycles. The van der Waals surface area contributed by atoms with Gasteiger partial charge in [0.15, 0.2) is 18.3 Å². The second-order valence-corrected chi connectivity index (χ2v) is 20.7. The summed E-state index contributed by atoms with van der Waals surface area (Å²) in [5.41, 5.74) is 4.89. The van der Waals surface area contributed by atoms with E-state index >= 15 is 0 Å². The number of nitrogens with one attached hydrogen (secondary N) is 2. The predicted molar refractivity (Wildman–Crippen MR) is 326 cm³/mol. The number of esters is 4. The molecule has 0 saturated carbocycles. The van der Waals surface area contributed by atoms with Crippen molar-refractivity contribution in [3.63, 3.8) is 0 Å². The zero-order valence-corrected chi connectivity index (χ0v) is 52.9. The van der Waals surface area contributed by atoms with E-state index in [2.05, 4.69) is 10.6 Å². The predicted octanol–water partition coefficient (Wildman–Crippen LogP) is 5.91. The van der Waals surface area contributed by atoms with Crippen LogP contribution >= 0.6 is 11.6 Å². The lowest BCUT2D eigenvalue weighted by molar-refractivity contribution is -0.282. The Balaban J connectivity index is 1.07. The number of anilines is 1. The summed E-state index contributed by atoms with van der Waals surface area (Å²) in [5, 5.41) is 4.58. The van der Waals surface area contributed by atoms with Gasteiger partial charge in [-0.15, -0.1) is 0 Å². The summed E-state index contributed by atoms with van der Waals surface area (Å²) >= 11 is 5.93. The Morgan fingerprint density at radius 1 is 0.576 bits per heavy atom. The molecule has 5 atom stereocenters. The largest absolute Gasteiger partial charge is 0.467 e. The minimum atomic E-state index is -1.83. The van der Waals surface area contributed by atoms with Gasteiger partial charge in [-0.2, -0.15) is 0 Å². The molecule has 502 valence electrons. The fraction of sp³-hybridized carbons (Fsp3) is 0.500. The molecule has 92 heavy (non-hydrogen) atoms. The number of halogens is 1. The van der Waals surface area contributed by atoms with E-state index in [-0.39, 0.29) is 81.0 Å². The molecule has 1 fully saturated rings. The summed E-state index contributed by atoms with van der Waals surface area (Å²) in [7, 11) is 2.64. The Bertz CT molecular complexity index is 2980. The van der Waals surface area contributed by atoms with Gasteiger partial charge in [-0.05, 0) is 63.2 Å². The average molecular weight is 1310 g/mol. The second kappa shape index (κ2) is 40.2. The molecule has 0 aromatic heterocycles. The van der Waals surface area contributed by atoms with Crippen LogP contribution in [0.2, 0.25) is 0 Å². The standard InChI is InChI=1S/C64H80ClN3O24/c1-42(69)88-56-57(89-43(2)70)59(90-44(3)71)62(92-58(56)61(74)78-5)91-54-19-18-45(38-53(54)67-55(72)20-21-66-63(75)86-41-52-50-16-10-8-14-48(50)49-15-9-11-17-51(49)52)40-87-64(76)68(39-46-12-6-7-13-47(46)60(65)73)22-23-79-26-27-81-30-31-83-34-35-85-37-36-84-33-32-82-29-28-80-25-24-77-4/h6-19,38,52,56-59,62H,20-37,39-41H2,1-5H3,(H,66,75)(H,67,72)/t56-,57?,58?,59+,62+/m0/s1. The number of hydrogen-bond acceptors (Lipinski definition) is 24. The first kappa shape index (κ1) is 73.2. The van der Waals surface area contributed by atoms with Crippen molar-refractivity contribution in [1.29, 1.82) is 0 Å². The van der Waals surface area contributed by atoms with Crippen LogP contribution in [0, 0.1) is 0 Å². The first-order chi connectivity index (χ1) is 44.6. The van der Waals surface area contributed by atoms with Gasteiger partial charge in [0.05, 0.1) is 112 Å². The van der Waals surface area contributed by atoms with E-state index < -0.39 is 84.5 Å². The van der Waals surface area contributed by atoms with Gasteiger partial charge in [-0.3, -0.25) is 24.0 Å². The fourth-order valence-corrected chi connectivity index (χ4v) is 9.76. The highest BCUT2D eigenvalue weighted by molar-refractivity contribution is 6.67. The Morgan fingerprint density at radius 2 is 1.09 bits per heavy atom. The van der Waals surface area contributed by atoms with E-state index in [0.717, 1.165) is 50.1 Å². The lowest BCUT2D eigenvalue weighted by atomic mass is 9.97. The number of alkyl carbamates (subject to hydrolysis) is 1. The van der Waals surface area contributed by atoms with E-state index in [1.165, 1.54) is 29.2 Å². The SMILES string of the molecule is COCCOCCOCCOCCOCCOCCOCCOCCN(Cc1ccccc1C(=O)Cl)C(=O)OCc1ccc(O[C@@H]2OC(C(=O)OC)[C@@H](OC(C)=O)C(OC(C)=O)[C@H]2OC(C)=O)c(NC(=O)CCNC(=O)OCC2c3ccccc3-c3ccccc32)c1. The molecule has 1 aliphatic heterocycles. The number of carbonyl (C=O) groups is 8. The van der Waals surface area contributed by atoms with Crippen LogP contribution in [0.15, 0.2) is 91.0 Å². The van der Waals surface area contributed by atoms with E-state index in [9.17, 15) is 38.4 Å². The summed E-state index contributed by atoms with van der Waals surface area (Å²) < 4.78 is 88.8. The van der Waals surface area contributed by atoms with Crippen LogP contribution in [0.4, 0.5) is 15.3 Å². The van der Waals surface area contributed by atoms with Gasteiger partial charge in [0.25, 0.3) is 5.24 Å². The van der Waals surface area contributed by atoms with Crippen molar-refractivity contribution in [3.05, 3.63) is 119 Å². The Kier molecular flexibility index (Phi) is 32.0. The molecule has 0 spiro atoms. The summed E-state index contributed by atoms with van der Waals surface area (Å²) in [6.45, 7) is 7.87. The number of benzene rings is 4. The number of ether oxygens (including phenoxy) is 16. The molecule has 4 aromatic carbocycles. The fourth-order valence-electron chi connectivity index (χ4n) is 9.57. The normalized spacial score (nSPS) is 16.5. The minimum absolute atomic E-state index is 0.0149. The Labute approximate surface area is 537 Å². The first-order valence-corrected chi connectivity index (χ1v) is 30.1. The van der Waals surface area contributed by atoms with Crippen molar-refractivity contribution in [2.75, 3.05) is 138 Å². The van der Waals surface area contributed by atoms with Crippen LogP contribution in [0.1, 0.15) is 65.7 Å². The zero-order valence-electron chi connectivity index (χ0n) is 52.1. The highest BCUT2D eigenvalue weighted by Gasteiger charge is 2.56. The van der Waals surface area contributed by atoms with Crippen molar-refractivity contribution < 1.29 is 114 Å². The van der Waals surface area contributed by atoms with Crippen molar-refractivity contribution in [1.82, 2.24) is 10.2 Å². The number of carbonyl (C=O) groups excluding carboxylic acids is 8. The monoisotopic (exact) mass is 1310 g/mol. The highest BCUT2D eigenvalue weighted by atomic mass is 35.5. The quantitative estimate of drug-likeness (QED) is 0.0226. The molecule has 28 heteroatoms. The van der Waals surface area contributed by atoms with Crippen molar-refractivity contribution in [2.45, 2.75) is 77.0 Å². The number of fused-ring (bicyclic) bond motifs is 3. The summed E-state index contributed by atoms with van der Waals surface area (Å²) in [6.07, 6.45) is -10.7. The number of nitrogens with zero attached hydrogens (tertiary/aromatic N) is 1. The van der Waals surface area contributed by atoms with Gasteiger partial charge in [-0.1, -0.05) is 72.8 Å². The van der Waals surface area contributed by atoms with Crippen LogP contribution in [-0.4, -0.2) is 216 Å². The van der Waals surface area contributed by atoms with E-state index in [4.69, 9.17) is 87.4 Å². The van der Waals surface area contributed by atoms with Crippen LogP contribution in [0.3, 0.4) is 0 Å². The smallest absolute Gasteiger partial charge is 0.410 e. The van der Waals surface area contributed by atoms with Crippen molar-refractivity contribution in [2.24, 2.45) is 0 Å². The molecular formula is C64H80ClN3O24. The molecule has 4 aromatic rings. The molecule has 2 aliphatic rings. The molecule has 27 nitrogen and oxygen atoms in total. The van der Waals surface area contributed by atoms with Gasteiger partial charge in [0, 0.05) is 65.4 Å². The maximum Gasteiger partial charge on any atom is 0.410 e. The number of methoxy groups -OCH3 is 2. The van der Waals surface area contributed by atoms with Gasteiger partial charge in [0.2, 0.25) is 18.3 Å². The molecule has 0 radical (unpaired) electrons. The summed E-state index contributed by atoms with van der Waals surface area (Å²) in [4.78, 5) is 105. The highest BCUT2D eigenvalue weighted by Crippen LogP contribution is 2.44. The third kappa shape index (κ3) is 24.3. The molecular weight excluding hydrogens is 1230 g/mol. The maximum absolute atomic E-state index is 14.1. The lowest BCUT2D eigenvalue weighted by Crippen LogP contribution is -2.64. The van der Waals surface area contributed by atoms with Gasteiger partial charge < -0.3 is 91.3 Å². The number of hydrogen-bond donors (Lipinski definition) is 2. The van der Waals surface area contributed by atoms with Crippen LogP contribution in [0.5, 0.6) is 5.75 Å². The molecule has 3 amide bonds. The average Bonchev–Trinajstić information content (AvgIpc) is 1.74. The zero-order chi connectivity index (χ0) is 66.0. The van der Waals surface area contributed by atoms with Gasteiger partial charge >= 0.3 is 36.1 Å². The first-order valence-electron chi connectivity index (χ1n) is 29.7. The molecule has 6 rings (SSSR count). The van der Waals surface area contributed by atoms with Crippen LogP contribution in [0.25, 0.3) is 11.1 Å². The van der Waals surface area contributed by atoms with E-state index in [1.807, 2.05) is 48.5 Å². The topological polar surface area (TPSA) is 312 Å². The van der Waals surface area contributed by atoms with Crippen molar-refractivity contribution >= 4 is 64.5 Å². The third-order valence-corrected chi connectivity index (χ3v) is 13.9. The summed E-state index contributed by atoms with van der Waals surface area (Å²) in [6, 6.07) is 26.4. The molecule has 0 bridgehead atoms. The maximum atomic E-state index is 14.1. The lowest BCUT2D eigenvalue weighted by Gasteiger charge is -2.43. The van der Waals surface area contributed by atoms with E-state index in [1.54, 1.807) is 25.3 Å². The van der Waals surface area contributed by atoms with E-state index in [0.29, 0.717) is 84.8 Å². The third-order valence-electron chi connectivity index (χ3n) is 13.7. The minimum Gasteiger partial charge on any atom is -0.467 e. The molecule has 2 N–H and O–H groups in total. The Morgan fingerprint density at radius 3 is 1.63 bits per heavy atom. The summed E-state index contributed by atoms with van der Waals surface area (Å²) in [5.74, 6) is -4.92. The van der Waals surface area contributed by atoms with Gasteiger partial charge in [0.1, 0.15) is 19.0 Å².